The molecule has 7 heteroatoms. The second kappa shape index (κ2) is 11.7. The number of rotatable bonds is 12. The van der Waals surface area contributed by atoms with Gasteiger partial charge in [-0.2, -0.15) is 0 Å². The molecule has 2 rings (SSSR count). The number of carbonyl (C=O) groups is 3. The molecule has 0 radical (unpaired) electrons. The second-order valence-electron chi connectivity index (χ2n) is 8.01. The van der Waals surface area contributed by atoms with Crippen molar-refractivity contribution in [3.05, 3.63) is 24.0 Å². The average molecular weight is 509 g/mol. The molecule has 0 atom stereocenters. The molecular formula is C22H34N2O4Sn. The van der Waals surface area contributed by atoms with Crippen LogP contribution in [0.5, 0.6) is 0 Å². The molecule has 1 fully saturated rings. The van der Waals surface area contributed by atoms with Gasteiger partial charge < -0.3 is 0 Å². The van der Waals surface area contributed by atoms with Gasteiger partial charge in [0.05, 0.1) is 0 Å². The summed E-state index contributed by atoms with van der Waals surface area (Å²) in [6.45, 7) is 6.69. The molecule has 0 aromatic carbocycles. The Labute approximate surface area is 178 Å². The summed E-state index contributed by atoms with van der Waals surface area (Å²) < 4.78 is 5.08. The summed E-state index contributed by atoms with van der Waals surface area (Å²) >= 11 is -2.72. The van der Waals surface area contributed by atoms with Gasteiger partial charge >= 0.3 is 178 Å². The minimum atomic E-state index is -2.72. The van der Waals surface area contributed by atoms with Gasteiger partial charge in [-0.15, -0.1) is 0 Å². The van der Waals surface area contributed by atoms with E-state index >= 15 is 0 Å². The molecule has 160 valence electrons. The zero-order valence-corrected chi connectivity index (χ0v) is 20.9. The Kier molecular flexibility index (Phi) is 9.59. The maximum atomic E-state index is 12.6. The van der Waals surface area contributed by atoms with E-state index in [0.29, 0.717) is 10.6 Å². The van der Waals surface area contributed by atoms with E-state index in [-0.39, 0.29) is 12.8 Å². The van der Waals surface area contributed by atoms with Crippen LogP contribution >= 0.6 is 0 Å². The van der Waals surface area contributed by atoms with Crippen molar-refractivity contribution in [2.24, 2.45) is 0 Å². The van der Waals surface area contributed by atoms with E-state index in [0.717, 1.165) is 0 Å². The molecular weight excluding hydrogens is 475 g/mol. The van der Waals surface area contributed by atoms with Crippen LogP contribution in [0, 0.1) is 0 Å². The Balaban J connectivity index is 2.30. The SMILES string of the molecule is CCC[CH2][Sn]([CH2]CCC)([CH2]CCC)[c]1cncc(C(=O)ON2C(=O)CCC2=O)c1. The van der Waals surface area contributed by atoms with E-state index in [1.165, 1.54) is 61.6 Å². The Morgan fingerprint density at radius 3 is 1.97 bits per heavy atom. The number of hydrogen-bond donors (Lipinski definition) is 0. The predicted octanol–water partition coefficient (Wildman–Crippen LogP) is 4.36. The summed E-state index contributed by atoms with van der Waals surface area (Å²) in [5.74, 6) is -1.60. The zero-order chi connectivity index (χ0) is 21.3. The molecule has 1 saturated heterocycles. The first-order valence-electron chi connectivity index (χ1n) is 11.0. The summed E-state index contributed by atoms with van der Waals surface area (Å²) in [7, 11) is 0. The number of amides is 2. The minimum absolute atomic E-state index is 0.0923. The second-order valence-corrected chi connectivity index (χ2v) is 21.3. The van der Waals surface area contributed by atoms with E-state index in [1.54, 1.807) is 0 Å². The van der Waals surface area contributed by atoms with Crippen molar-refractivity contribution in [1.29, 1.82) is 0 Å². The third kappa shape index (κ3) is 6.27. The Hall–Kier alpha value is -1.44. The van der Waals surface area contributed by atoms with Gasteiger partial charge in [0.15, 0.2) is 0 Å². The molecule has 1 aromatic rings. The van der Waals surface area contributed by atoms with E-state index < -0.39 is 36.2 Å². The number of hydrogen-bond acceptors (Lipinski definition) is 5. The van der Waals surface area contributed by atoms with Crippen LogP contribution in [-0.2, 0) is 14.4 Å². The molecule has 0 unspecified atom stereocenters. The molecule has 2 heterocycles. The Bertz CT molecular complexity index is 685. The molecule has 29 heavy (non-hydrogen) atoms. The van der Waals surface area contributed by atoms with Crippen LogP contribution in [0.3, 0.4) is 0 Å². The molecule has 0 aliphatic carbocycles. The van der Waals surface area contributed by atoms with Gasteiger partial charge in [0, 0.05) is 0 Å². The average Bonchev–Trinajstić information content (AvgIpc) is 3.05. The summed E-state index contributed by atoms with van der Waals surface area (Å²) in [6, 6.07) is 1.94. The fourth-order valence-corrected chi connectivity index (χ4v) is 19.7. The first kappa shape index (κ1) is 23.8. The Morgan fingerprint density at radius 1 is 0.966 bits per heavy atom. The molecule has 2 amide bonds. The molecule has 6 nitrogen and oxygen atoms in total. The van der Waals surface area contributed by atoms with Crippen molar-refractivity contribution in [2.45, 2.75) is 85.4 Å². The normalized spacial score (nSPS) is 14.5. The number of aromatic nitrogens is 1. The van der Waals surface area contributed by atoms with Crippen molar-refractivity contribution < 1.29 is 19.2 Å². The number of imide groups is 1. The summed E-state index contributed by atoms with van der Waals surface area (Å²) in [6.07, 6.45) is 10.8. The van der Waals surface area contributed by atoms with Crippen LogP contribution in [0.1, 0.15) is 82.5 Å². The van der Waals surface area contributed by atoms with Gasteiger partial charge in [-0.1, -0.05) is 0 Å². The van der Waals surface area contributed by atoms with E-state index in [9.17, 15) is 14.4 Å². The van der Waals surface area contributed by atoms with Gasteiger partial charge in [-0.05, 0) is 0 Å². The molecule has 1 aromatic heterocycles. The molecule has 0 N–H and O–H groups in total. The topological polar surface area (TPSA) is 76.6 Å². The maximum absolute atomic E-state index is 12.6. The van der Waals surface area contributed by atoms with Crippen molar-refractivity contribution in [1.82, 2.24) is 10.0 Å². The van der Waals surface area contributed by atoms with Crippen molar-refractivity contribution >= 4 is 39.7 Å². The third-order valence-corrected chi connectivity index (χ3v) is 21.3. The molecule has 0 spiro atoms. The first-order valence-corrected chi connectivity index (χ1v) is 18.5. The van der Waals surface area contributed by atoms with Crippen LogP contribution in [0.25, 0.3) is 0 Å². The van der Waals surface area contributed by atoms with Crippen LogP contribution < -0.4 is 3.58 Å². The fourth-order valence-electron chi connectivity index (χ4n) is 3.99. The van der Waals surface area contributed by atoms with Crippen LogP contribution in [0.2, 0.25) is 13.3 Å². The summed E-state index contributed by atoms with van der Waals surface area (Å²) in [4.78, 5) is 45.6. The van der Waals surface area contributed by atoms with Gasteiger partial charge in [-0.25, -0.2) is 0 Å². The number of nitrogens with zero attached hydrogens (tertiary/aromatic N) is 2. The van der Waals surface area contributed by atoms with Gasteiger partial charge in [0.2, 0.25) is 0 Å². The fraction of sp³-hybridized carbons (Fsp3) is 0.636. The van der Waals surface area contributed by atoms with Crippen molar-refractivity contribution in [2.75, 3.05) is 0 Å². The quantitative estimate of drug-likeness (QED) is 0.309. The van der Waals surface area contributed by atoms with Gasteiger partial charge in [0.25, 0.3) is 0 Å². The molecule has 1 aliphatic rings. The van der Waals surface area contributed by atoms with Gasteiger partial charge in [-0.3, -0.25) is 0 Å². The molecule has 1 aliphatic heterocycles. The van der Waals surface area contributed by atoms with Crippen molar-refractivity contribution in [3.8, 4) is 0 Å². The monoisotopic (exact) mass is 510 g/mol. The van der Waals surface area contributed by atoms with Crippen LogP contribution in [0.15, 0.2) is 18.5 Å². The van der Waals surface area contributed by atoms with Crippen molar-refractivity contribution in [3.63, 3.8) is 0 Å². The summed E-state index contributed by atoms with van der Waals surface area (Å²) in [5.41, 5.74) is 0.334. The van der Waals surface area contributed by atoms with E-state index in [2.05, 4.69) is 25.8 Å². The number of hydroxylamine groups is 2. The summed E-state index contributed by atoms with van der Waals surface area (Å²) in [5, 5.41) is 0.608. The molecule has 0 bridgehead atoms. The van der Waals surface area contributed by atoms with E-state index in [1.807, 2.05) is 12.3 Å². The predicted molar refractivity (Wildman–Crippen MR) is 115 cm³/mol. The van der Waals surface area contributed by atoms with E-state index in [4.69, 9.17) is 4.84 Å². The number of carbonyl (C=O) groups excluding carboxylic acids is 3. The standard InChI is InChI=1S/C10H7N2O4.3C4H9.Sn/c13-8-3-4-9(14)12(8)16-10(15)7-2-1-5-11-6-7;3*1-3-4-2;/h2,5-6H,3-4H2;3*1,3-4H2,2H3;. The molecule has 0 saturated carbocycles. The number of pyridine rings is 1. The van der Waals surface area contributed by atoms with Gasteiger partial charge in [0.1, 0.15) is 0 Å². The first-order chi connectivity index (χ1) is 14.0. The zero-order valence-electron chi connectivity index (χ0n) is 18.0. The van der Waals surface area contributed by atoms with Crippen LogP contribution in [0.4, 0.5) is 0 Å². The van der Waals surface area contributed by atoms with Crippen LogP contribution in [-0.4, -0.2) is 46.2 Å². The number of unbranched alkanes of at least 4 members (excludes halogenated alkanes) is 3. The third-order valence-electron chi connectivity index (χ3n) is 5.79. The Morgan fingerprint density at radius 2 is 1.48 bits per heavy atom.